The van der Waals surface area contributed by atoms with Crippen LogP contribution in [0.5, 0.6) is 28.7 Å². The molecule has 0 aliphatic carbocycles. The van der Waals surface area contributed by atoms with Gasteiger partial charge in [0.05, 0.1) is 5.56 Å². The highest BCUT2D eigenvalue weighted by Gasteiger charge is 2.34. The third kappa shape index (κ3) is 6.00. The first-order valence-electron chi connectivity index (χ1n) is 11.9. The Morgan fingerprint density at radius 2 is 1.67 bits per heavy atom. The van der Waals surface area contributed by atoms with Gasteiger partial charge >= 0.3 is 0 Å². The lowest BCUT2D eigenvalue weighted by molar-refractivity contribution is 0.101. The Hall–Kier alpha value is -3.93. The van der Waals surface area contributed by atoms with Crippen LogP contribution in [0.25, 0.3) is 12.2 Å². The van der Waals surface area contributed by atoms with E-state index in [-0.39, 0.29) is 46.3 Å². The van der Waals surface area contributed by atoms with E-state index >= 15 is 0 Å². The maximum atomic E-state index is 13.4. The maximum Gasteiger partial charge on any atom is 0.193 e. The van der Waals surface area contributed by atoms with E-state index in [0.29, 0.717) is 17.5 Å². The van der Waals surface area contributed by atoms with Gasteiger partial charge in [0.1, 0.15) is 28.4 Å². The summed E-state index contributed by atoms with van der Waals surface area (Å²) >= 11 is 0. The highest BCUT2D eigenvalue weighted by atomic mass is 16.5. The first-order chi connectivity index (χ1) is 16.9. The summed E-state index contributed by atoms with van der Waals surface area (Å²) in [6.07, 6.45) is 12.0. The molecule has 0 fully saturated rings. The minimum atomic E-state index is -0.735. The largest absolute Gasteiger partial charge is 0.507 e. The van der Waals surface area contributed by atoms with Crippen LogP contribution < -0.4 is 4.74 Å². The highest BCUT2D eigenvalue weighted by Crippen LogP contribution is 2.48. The van der Waals surface area contributed by atoms with E-state index in [1.807, 2.05) is 46.8 Å². The Bertz CT molecular complexity index is 1290. The quantitative estimate of drug-likeness (QED) is 0.140. The number of carbonyl (C=O) groups excluding carboxylic acids is 1. The van der Waals surface area contributed by atoms with Crippen LogP contribution in [-0.4, -0.2) is 31.8 Å². The molecule has 2 aromatic carbocycles. The molecular weight excluding hydrogens is 456 g/mol. The normalized spacial score (nSPS) is 16.4. The highest BCUT2D eigenvalue weighted by molar-refractivity contribution is 6.12. The first-order valence-corrected chi connectivity index (χ1v) is 11.9. The number of hydrogen-bond donors (Lipinski definition) is 4. The topological polar surface area (TPSA) is 107 Å². The fraction of sp³-hybridized carbons (Fsp3) is 0.300. The summed E-state index contributed by atoms with van der Waals surface area (Å²) in [5.41, 5.74) is 2.52. The number of carbonyl (C=O) groups is 1. The molecule has 1 heterocycles. The number of phenols is 4. The number of aromatic hydroxyl groups is 4. The van der Waals surface area contributed by atoms with Crippen molar-refractivity contribution in [2.75, 3.05) is 0 Å². The Kier molecular flexibility index (Phi) is 7.98. The second-order valence-electron chi connectivity index (χ2n) is 9.79. The van der Waals surface area contributed by atoms with Gasteiger partial charge in [-0.15, -0.1) is 0 Å². The second kappa shape index (κ2) is 10.8. The lowest BCUT2D eigenvalue weighted by Crippen LogP contribution is -2.32. The molecule has 0 saturated heterocycles. The van der Waals surface area contributed by atoms with Crippen molar-refractivity contribution in [1.82, 2.24) is 0 Å². The molecule has 2 aromatic rings. The van der Waals surface area contributed by atoms with Crippen molar-refractivity contribution in [2.24, 2.45) is 0 Å². The van der Waals surface area contributed by atoms with Crippen molar-refractivity contribution < 1.29 is 30.0 Å². The average Bonchev–Trinajstić information content (AvgIpc) is 2.79. The third-order valence-corrected chi connectivity index (χ3v) is 6.05. The molecular formula is C30H34O6. The molecule has 190 valence electrons. The van der Waals surface area contributed by atoms with E-state index in [1.165, 1.54) is 29.9 Å². The number of benzene rings is 2. The van der Waals surface area contributed by atoms with Gasteiger partial charge in [-0.2, -0.15) is 0 Å². The summed E-state index contributed by atoms with van der Waals surface area (Å²) in [5.74, 6) is -1.40. The molecule has 1 atom stereocenters. The van der Waals surface area contributed by atoms with Gasteiger partial charge in [-0.3, -0.25) is 4.79 Å². The second-order valence-corrected chi connectivity index (χ2v) is 9.79. The van der Waals surface area contributed by atoms with Gasteiger partial charge in [0.2, 0.25) is 0 Å². The summed E-state index contributed by atoms with van der Waals surface area (Å²) in [5, 5.41) is 41.5. The zero-order valence-electron chi connectivity index (χ0n) is 21.4. The molecule has 0 spiro atoms. The number of allylic oxidation sites excluding steroid dienone is 5. The predicted molar refractivity (Wildman–Crippen MR) is 143 cm³/mol. The molecule has 3 rings (SSSR count). The van der Waals surface area contributed by atoms with Crippen molar-refractivity contribution >= 4 is 17.9 Å². The van der Waals surface area contributed by atoms with Gasteiger partial charge in [0, 0.05) is 5.56 Å². The summed E-state index contributed by atoms with van der Waals surface area (Å²) in [4.78, 5) is 13.4. The molecule has 6 nitrogen and oxygen atoms in total. The molecule has 36 heavy (non-hydrogen) atoms. The number of ether oxygens (including phenoxy) is 1. The lowest BCUT2D eigenvalue weighted by atomic mass is 9.89. The Morgan fingerprint density at radius 1 is 0.972 bits per heavy atom. The van der Waals surface area contributed by atoms with Crippen molar-refractivity contribution in [3.63, 3.8) is 0 Å². The Morgan fingerprint density at radius 3 is 2.31 bits per heavy atom. The van der Waals surface area contributed by atoms with Crippen molar-refractivity contribution in [3.8, 4) is 28.7 Å². The van der Waals surface area contributed by atoms with Crippen LogP contribution in [0.4, 0.5) is 0 Å². The lowest BCUT2D eigenvalue weighted by Gasteiger charge is -2.33. The molecule has 0 radical (unpaired) electrons. The summed E-state index contributed by atoms with van der Waals surface area (Å²) in [6.45, 7) is 9.77. The zero-order valence-corrected chi connectivity index (χ0v) is 21.4. The van der Waals surface area contributed by atoms with Gasteiger partial charge in [-0.1, -0.05) is 35.4 Å². The fourth-order valence-corrected chi connectivity index (χ4v) is 3.97. The number of rotatable bonds is 8. The van der Waals surface area contributed by atoms with Gasteiger partial charge in [0.15, 0.2) is 17.3 Å². The van der Waals surface area contributed by atoms with Crippen molar-refractivity contribution in [2.45, 2.75) is 59.5 Å². The van der Waals surface area contributed by atoms with E-state index < -0.39 is 11.4 Å². The molecule has 4 N–H and O–H groups in total. The molecule has 1 aliphatic heterocycles. The van der Waals surface area contributed by atoms with E-state index in [1.54, 1.807) is 12.1 Å². The van der Waals surface area contributed by atoms with Crippen molar-refractivity contribution in [3.05, 3.63) is 75.9 Å². The van der Waals surface area contributed by atoms with Crippen LogP contribution in [0.1, 0.15) is 74.5 Å². The van der Waals surface area contributed by atoms with E-state index in [4.69, 9.17) is 4.74 Å². The van der Waals surface area contributed by atoms with Crippen LogP contribution in [0.15, 0.2) is 53.6 Å². The van der Waals surface area contributed by atoms with Crippen molar-refractivity contribution in [1.29, 1.82) is 0 Å². The van der Waals surface area contributed by atoms with Crippen LogP contribution in [0, 0.1) is 0 Å². The average molecular weight is 491 g/mol. The van der Waals surface area contributed by atoms with Crippen LogP contribution >= 0.6 is 0 Å². The monoisotopic (exact) mass is 490 g/mol. The fourth-order valence-electron chi connectivity index (χ4n) is 3.97. The van der Waals surface area contributed by atoms with Crippen LogP contribution in [0.3, 0.4) is 0 Å². The molecule has 6 heteroatoms. The Balaban J connectivity index is 2.10. The summed E-state index contributed by atoms with van der Waals surface area (Å²) in [7, 11) is 0. The van der Waals surface area contributed by atoms with E-state index in [0.717, 1.165) is 12.0 Å². The predicted octanol–water partition coefficient (Wildman–Crippen LogP) is 6.82. The molecule has 0 amide bonds. The van der Waals surface area contributed by atoms with Gasteiger partial charge in [-0.25, -0.2) is 0 Å². The minimum Gasteiger partial charge on any atom is -0.507 e. The van der Waals surface area contributed by atoms with Crippen LogP contribution in [-0.2, 0) is 6.42 Å². The zero-order chi connectivity index (χ0) is 26.6. The summed E-state index contributed by atoms with van der Waals surface area (Å²) in [6, 6.07) is 4.19. The Labute approximate surface area is 212 Å². The number of fused-ring (bicyclic) bond motifs is 1. The van der Waals surface area contributed by atoms with E-state index in [9.17, 15) is 25.2 Å². The van der Waals surface area contributed by atoms with Crippen LogP contribution in [0.2, 0.25) is 0 Å². The molecule has 0 unspecified atom stereocenters. The first kappa shape index (κ1) is 26.7. The minimum absolute atomic E-state index is 0.0306. The number of ketones is 1. The molecule has 0 aromatic heterocycles. The molecule has 0 bridgehead atoms. The van der Waals surface area contributed by atoms with Gasteiger partial charge in [0.25, 0.3) is 0 Å². The molecule has 1 aliphatic rings. The standard InChI is InChI=1S/C30H34O6/c1-18(2)7-6-15-30(5)16-14-22-27(34)21(11-8-19(3)4)28(35)26(29(22)36-30)24(32)13-10-20-9-12-23(31)25(33)17-20/h7-10,12-14,16-17,31,33-35H,6,11,15H2,1-5H3/t30-/m0/s1. The smallest absolute Gasteiger partial charge is 0.193 e. The van der Waals surface area contributed by atoms with Gasteiger partial charge in [-0.05, 0) is 89.8 Å². The molecule has 0 saturated carbocycles. The maximum absolute atomic E-state index is 13.4. The van der Waals surface area contributed by atoms with Gasteiger partial charge < -0.3 is 25.2 Å². The SMILES string of the molecule is CC(C)=CCC[C@@]1(C)C=Cc2c(O)c(CC=C(C)C)c(O)c(C(=O)C=Cc3ccc(O)c(O)c3)c2O1. The number of phenolic OH excluding ortho intramolecular Hbond substituents is 4. The third-order valence-electron chi connectivity index (χ3n) is 6.05. The summed E-state index contributed by atoms with van der Waals surface area (Å²) < 4.78 is 6.30. The van der Waals surface area contributed by atoms with E-state index in [2.05, 4.69) is 6.08 Å². The number of hydrogen-bond acceptors (Lipinski definition) is 6.